The summed E-state index contributed by atoms with van der Waals surface area (Å²) in [6.07, 6.45) is 8.93. The number of unbranched alkanes of at least 4 members (excludes halogenated alkanes) is 2. The van der Waals surface area contributed by atoms with Crippen LogP contribution in [0.1, 0.15) is 79.4 Å². The number of carbonyl (C=O) groups excluding carboxylic acids is 1. The van der Waals surface area contributed by atoms with Crippen molar-refractivity contribution >= 4 is 32.7 Å². The fraction of sp³-hybridized carbons (Fsp3) is 0.517. The Hall–Kier alpha value is -2.05. The molecule has 1 aromatic heterocycles. The van der Waals surface area contributed by atoms with Gasteiger partial charge in [-0.1, -0.05) is 55.1 Å². The molecule has 0 radical (unpaired) electrons. The summed E-state index contributed by atoms with van der Waals surface area (Å²) >= 11 is 3.49. The second-order valence-electron chi connectivity index (χ2n) is 10.4. The third kappa shape index (κ3) is 6.79. The van der Waals surface area contributed by atoms with E-state index in [1.165, 1.54) is 25.7 Å². The normalized spacial score (nSPS) is 13.8. The minimum Gasteiger partial charge on any atom is -0.373 e. The molecule has 0 spiro atoms. The van der Waals surface area contributed by atoms with Crippen LogP contribution in [0.3, 0.4) is 0 Å². The highest BCUT2D eigenvalue weighted by Crippen LogP contribution is 2.30. The molecular formula is C29H36BrFN2O2. The zero-order chi connectivity index (χ0) is 24.9. The van der Waals surface area contributed by atoms with Gasteiger partial charge in [0.15, 0.2) is 11.6 Å². The van der Waals surface area contributed by atoms with Gasteiger partial charge in [-0.15, -0.1) is 0 Å². The summed E-state index contributed by atoms with van der Waals surface area (Å²) in [7, 11) is 0. The molecule has 4 rings (SSSR count). The van der Waals surface area contributed by atoms with E-state index in [4.69, 9.17) is 4.74 Å². The molecule has 3 aromatic rings. The standard InChI is InChI=1S/C29H36BrFN2O2/c1-19(2)7-5-4-6-12-33-18-32-29-26(33)15-24(27(34)17-35-16-21-8-9-21)25(28(29)31)14-22-10-11-23(30)13-20(22)3/h10-11,13,15,18-19,21H,4-9,12,14,16-17H2,1-3H3. The van der Waals surface area contributed by atoms with E-state index in [0.29, 0.717) is 47.0 Å². The fourth-order valence-corrected chi connectivity index (χ4v) is 5.01. The average Bonchev–Trinajstić information content (AvgIpc) is 3.54. The number of imidazole rings is 1. The van der Waals surface area contributed by atoms with Gasteiger partial charge in [0.2, 0.25) is 0 Å². The second kappa shape index (κ2) is 11.8. The number of ether oxygens (including phenoxy) is 1. The van der Waals surface area contributed by atoms with Gasteiger partial charge >= 0.3 is 0 Å². The largest absolute Gasteiger partial charge is 0.373 e. The van der Waals surface area contributed by atoms with Crippen molar-refractivity contribution in [2.24, 2.45) is 11.8 Å². The first-order valence-corrected chi connectivity index (χ1v) is 13.6. The number of Topliss-reactive ketones (excluding diaryl/α,β-unsaturated/α-hetero) is 1. The molecule has 35 heavy (non-hydrogen) atoms. The van der Waals surface area contributed by atoms with Gasteiger partial charge < -0.3 is 9.30 Å². The van der Waals surface area contributed by atoms with E-state index in [9.17, 15) is 4.79 Å². The van der Waals surface area contributed by atoms with Crippen molar-refractivity contribution in [2.45, 2.75) is 72.3 Å². The number of nitrogens with zero attached hydrogens (tertiary/aromatic N) is 2. The van der Waals surface area contributed by atoms with Crippen LogP contribution in [0.5, 0.6) is 0 Å². The Bertz CT molecular complexity index is 1180. The number of ketones is 1. The summed E-state index contributed by atoms with van der Waals surface area (Å²) in [6.45, 7) is 7.84. The number of hydrogen-bond donors (Lipinski definition) is 0. The molecule has 0 saturated heterocycles. The highest BCUT2D eigenvalue weighted by molar-refractivity contribution is 9.10. The summed E-state index contributed by atoms with van der Waals surface area (Å²) in [6, 6.07) is 7.79. The maximum Gasteiger partial charge on any atom is 0.188 e. The Morgan fingerprint density at radius 3 is 2.74 bits per heavy atom. The molecule has 188 valence electrons. The van der Waals surface area contributed by atoms with Gasteiger partial charge in [-0.2, -0.15) is 0 Å². The van der Waals surface area contributed by atoms with Crippen molar-refractivity contribution in [1.29, 1.82) is 0 Å². The van der Waals surface area contributed by atoms with Gasteiger partial charge in [0, 0.05) is 28.6 Å². The van der Waals surface area contributed by atoms with Crippen molar-refractivity contribution in [3.05, 3.63) is 63.1 Å². The van der Waals surface area contributed by atoms with Crippen LogP contribution in [0.4, 0.5) is 4.39 Å². The Labute approximate surface area is 216 Å². The average molecular weight is 544 g/mol. The topological polar surface area (TPSA) is 44.1 Å². The van der Waals surface area contributed by atoms with E-state index < -0.39 is 5.82 Å². The minimum absolute atomic E-state index is 0.0168. The SMILES string of the molecule is Cc1cc(Br)ccc1Cc1c(C(=O)COCC2CC2)cc2c(ncn2CCCCCC(C)C)c1F. The lowest BCUT2D eigenvalue weighted by Crippen LogP contribution is -2.15. The van der Waals surface area contributed by atoms with Crippen LogP contribution in [0.15, 0.2) is 35.1 Å². The van der Waals surface area contributed by atoms with Gasteiger partial charge in [-0.3, -0.25) is 4.79 Å². The summed E-state index contributed by atoms with van der Waals surface area (Å²) < 4.78 is 24.6. The molecule has 2 aromatic carbocycles. The molecule has 1 aliphatic rings. The summed E-state index contributed by atoms with van der Waals surface area (Å²) in [4.78, 5) is 17.7. The highest BCUT2D eigenvalue weighted by atomic mass is 79.9. The first-order chi connectivity index (χ1) is 16.8. The van der Waals surface area contributed by atoms with E-state index in [0.717, 1.165) is 35.0 Å². The quantitative estimate of drug-likeness (QED) is 0.164. The van der Waals surface area contributed by atoms with Gasteiger partial charge in [-0.25, -0.2) is 9.37 Å². The van der Waals surface area contributed by atoms with Gasteiger partial charge in [0.05, 0.1) is 18.5 Å². The third-order valence-electron chi connectivity index (χ3n) is 6.89. The monoisotopic (exact) mass is 542 g/mol. The zero-order valence-electron chi connectivity index (χ0n) is 21.1. The number of aromatic nitrogens is 2. The molecule has 1 heterocycles. The third-order valence-corrected chi connectivity index (χ3v) is 7.39. The molecule has 1 aliphatic carbocycles. The predicted molar refractivity (Wildman–Crippen MR) is 143 cm³/mol. The minimum atomic E-state index is -0.395. The number of rotatable bonds is 13. The molecule has 4 nitrogen and oxygen atoms in total. The zero-order valence-corrected chi connectivity index (χ0v) is 22.7. The maximum absolute atomic E-state index is 15.9. The molecular weight excluding hydrogens is 507 g/mol. The second-order valence-corrected chi connectivity index (χ2v) is 11.3. The number of hydrogen-bond acceptors (Lipinski definition) is 3. The van der Waals surface area contributed by atoms with E-state index in [1.54, 1.807) is 6.33 Å². The number of halogens is 2. The van der Waals surface area contributed by atoms with Crippen LogP contribution in [0.25, 0.3) is 11.0 Å². The van der Waals surface area contributed by atoms with Crippen LogP contribution in [0.2, 0.25) is 0 Å². The van der Waals surface area contributed by atoms with Crippen molar-refractivity contribution in [3.8, 4) is 0 Å². The molecule has 1 fully saturated rings. The van der Waals surface area contributed by atoms with Crippen LogP contribution < -0.4 is 0 Å². The lowest BCUT2D eigenvalue weighted by atomic mass is 9.94. The molecule has 0 bridgehead atoms. The summed E-state index contributed by atoms with van der Waals surface area (Å²) in [5.74, 6) is 0.723. The Kier molecular flexibility index (Phi) is 8.77. The van der Waals surface area contributed by atoms with E-state index in [-0.39, 0.29) is 12.4 Å². The van der Waals surface area contributed by atoms with Crippen LogP contribution >= 0.6 is 15.9 Å². The molecule has 0 amide bonds. The molecule has 0 unspecified atom stereocenters. The van der Waals surface area contributed by atoms with Crippen molar-refractivity contribution in [3.63, 3.8) is 0 Å². The van der Waals surface area contributed by atoms with E-state index in [1.807, 2.05) is 35.8 Å². The van der Waals surface area contributed by atoms with E-state index in [2.05, 4.69) is 34.8 Å². The van der Waals surface area contributed by atoms with Gasteiger partial charge in [0.25, 0.3) is 0 Å². The predicted octanol–water partition coefficient (Wildman–Crippen LogP) is 7.66. The number of benzene rings is 2. The van der Waals surface area contributed by atoms with Crippen LogP contribution in [0, 0.1) is 24.6 Å². The number of aryl methyl sites for hydroxylation is 2. The lowest BCUT2D eigenvalue weighted by molar-refractivity contribution is 0.0738. The Morgan fingerprint density at radius 1 is 1.23 bits per heavy atom. The number of fused-ring (bicyclic) bond motifs is 1. The molecule has 6 heteroatoms. The number of carbonyl (C=O) groups is 1. The highest BCUT2D eigenvalue weighted by Gasteiger charge is 2.24. The summed E-state index contributed by atoms with van der Waals surface area (Å²) in [5, 5.41) is 0. The van der Waals surface area contributed by atoms with Gasteiger partial charge in [0.1, 0.15) is 12.1 Å². The smallest absolute Gasteiger partial charge is 0.188 e. The maximum atomic E-state index is 15.9. The molecule has 0 N–H and O–H groups in total. The van der Waals surface area contributed by atoms with Crippen LogP contribution in [-0.4, -0.2) is 28.5 Å². The lowest BCUT2D eigenvalue weighted by Gasteiger charge is -2.14. The van der Waals surface area contributed by atoms with Crippen molar-refractivity contribution in [2.75, 3.05) is 13.2 Å². The van der Waals surface area contributed by atoms with Crippen LogP contribution in [-0.2, 0) is 17.7 Å². The Morgan fingerprint density at radius 2 is 2.03 bits per heavy atom. The first kappa shape index (κ1) is 26.0. The summed E-state index contributed by atoms with van der Waals surface area (Å²) in [5.41, 5.74) is 3.89. The van der Waals surface area contributed by atoms with Crippen molar-refractivity contribution in [1.82, 2.24) is 9.55 Å². The van der Waals surface area contributed by atoms with E-state index >= 15 is 4.39 Å². The molecule has 0 aliphatic heterocycles. The Balaban J connectivity index is 1.62. The first-order valence-electron chi connectivity index (χ1n) is 12.9. The molecule has 1 saturated carbocycles. The fourth-order valence-electron chi connectivity index (χ4n) is 4.54. The molecule has 0 atom stereocenters. The van der Waals surface area contributed by atoms with Crippen molar-refractivity contribution < 1.29 is 13.9 Å². The van der Waals surface area contributed by atoms with Gasteiger partial charge in [-0.05, 0) is 67.3 Å².